The maximum Gasteiger partial charge on any atom is 0.246 e. The first-order chi connectivity index (χ1) is 19.1. The van der Waals surface area contributed by atoms with E-state index in [1.807, 2.05) is 46.3 Å². The van der Waals surface area contributed by atoms with Crippen LogP contribution in [0.25, 0.3) is 12.2 Å². The van der Waals surface area contributed by atoms with Crippen LogP contribution in [0.5, 0.6) is 0 Å². The van der Waals surface area contributed by atoms with Gasteiger partial charge in [0.1, 0.15) is 0 Å². The Bertz CT molecular complexity index is 1240. The minimum atomic E-state index is 0. The molecular weight excluding hydrogens is 530 g/mol. The van der Waals surface area contributed by atoms with E-state index in [1.165, 1.54) is 33.4 Å². The Morgan fingerprint density at radius 2 is 0.976 bits per heavy atom. The molecule has 0 spiro atoms. The summed E-state index contributed by atoms with van der Waals surface area (Å²) in [6, 6.07) is 8.84. The van der Waals surface area contributed by atoms with E-state index in [-0.39, 0.29) is 30.3 Å². The standard InChI is InChI=1S/C35H43N3O2.ClH/c1-25-19-31(20-26(2)29(25)5)11-7-9-13-34(39)37-17-15-36-16-18-38(24-33(36)23-37)35(40)14-10-8-12-32-21-27(3)30(6)28(4)22-32;/h7-14,19-22,33H,15-18,23-24H2,1-6H3;1H/b11-7+,12-8+,13-9+,14-10+;. The largest absolute Gasteiger partial charge is 0.336 e. The second-order valence-corrected chi connectivity index (χ2v) is 11.3. The van der Waals surface area contributed by atoms with Crippen LogP contribution in [0.1, 0.15) is 44.5 Å². The number of hydrogen-bond donors (Lipinski definition) is 0. The number of piperazine rings is 2. The van der Waals surface area contributed by atoms with Crippen molar-refractivity contribution in [2.24, 2.45) is 0 Å². The van der Waals surface area contributed by atoms with Crippen molar-refractivity contribution in [2.45, 2.75) is 47.6 Å². The van der Waals surface area contributed by atoms with Gasteiger partial charge in [0.2, 0.25) is 11.8 Å². The number of fused-ring (bicyclic) bond motifs is 1. The molecule has 2 aliphatic heterocycles. The highest BCUT2D eigenvalue weighted by molar-refractivity contribution is 5.89. The molecule has 2 aromatic carbocycles. The third-order valence-electron chi connectivity index (χ3n) is 8.49. The van der Waals surface area contributed by atoms with Gasteiger partial charge in [-0.3, -0.25) is 14.5 Å². The lowest BCUT2D eigenvalue weighted by Crippen LogP contribution is -2.63. The third-order valence-corrected chi connectivity index (χ3v) is 8.49. The molecular formula is C35H44ClN3O2. The number of carbonyl (C=O) groups excluding carboxylic acids is 2. The summed E-state index contributed by atoms with van der Waals surface area (Å²) in [5.74, 6) is 0.0475. The molecule has 2 amide bonds. The SMILES string of the molecule is Cc1cc(/C=C/C=C/C(=O)N2CCN3CCN(C(=O)/C=C/C=C/c4cc(C)c(C)c(C)c4)CC3C2)cc(C)c1C.Cl. The van der Waals surface area contributed by atoms with Crippen molar-refractivity contribution in [3.63, 3.8) is 0 Å². The Morgan fingerprint density at radius 1 is 0.610 bits per heavy atom. The summed E-state index contributed by atoms with van der Waals surface area (Å²) in [5, 5.41) is 0. The smallest absolute Gasteiger partial charge is 0.246 e. The minimum Gasteiger partial charge on any atom is -0.336 e. The van der Waals surface area contributed by atoms with Gasteiger partial charge in [0.15, 0.2) is 0 Å². The number of halogens is 1. The van der Waals surface area contributed by atoms with Crippen LogP contribution in [-0.4, -0.2) is 71.8 Å². The van der Waals surface area contributed by atoms with Gasteiger partial charge in [-0.05, 0) is 86.1 Å². The second kappa shape index (κ2) is 14.5. The average Bonchev–Trinajstić information content (AvgIpc) is 2.94. The van der Waals surface area contributed by atoms with E-state index in [2.05, 4.69) is 70.7 Å². The molecule has 41 heavy (non-hydrogen) atoms. The molecule has 2 fully saturated rings. The van der Waals surface area contributed by atoms with Crippen molar-refractivity contribution in [3.05, 3.63) is 105 Å². The van der Waals surface area contributed by atoms with Gasteiger partial charge in [0.05, 0.1) is 0 Å². The summed E-state index contributed by atoms with van der Waals surface area (Å²) in [4.78, 5) is 32.0. The molecule has 0 aromatic heterocycles. The number of hydrogen-bond acceptors (Lipinski definition) is 3. The number of aryl methyl sites for hydroxylation is 4. The van der Waals surface area contributed by atoms with Crippen LogP contribution < -0.4 is 0 Å². The number of amides is 2. The molecule has 218 valence electrons. The molecule has 0 bridgehead atoms. The van der Waals surface area contributed by atoms with E-state index in [0.29, 0.717) is 13.1 Å². The van der Waals surface area contributed by atoms with Crippen LogP contribution in [0.2, 0.25) is 0 Å². The number of rotatable bonds is 6. The van der Waals surface area contributed by atoms with Gasteiger partial charge in [-0.15, -0.1) is 12.4 Å². The van der Waals surface area contributed by atoms with Crippen molar-refractivity contribution in [1.82, 2.24) is 14.7 Å². The van der Waals surface area contributed by atoms with E-state index in [9.17, 15) is 9.59 Å². The zero-order valence-corrected chi connectivity index (χ0v) is 26.1. The number of allylic oxidation sites excluding steroid dienone is 4. The monoisotopic (exact) mass is 573 g/mol. The highest BCUT2D eigenvalue weighted by Crippen LogP contribution is 2.19. The Balaban J connectivity index is 0.00000462. The fraction of sp³-hybridized carbons (Fsp3) is 0.371. The summed E-state index contributed by atoms with van der Waals surface area (Å²) < 4.78 is 0. The predicted molar refractivity (Wildman–Crippen MR) is 173 cm³/mol. The van der Waals surface area contributed by atoms with Crippen LogP contribution in [0, 0.1) is 41.5 Å². The van der Waals surface area contributed by atoms with Gasteiger partial charge < -0.3 is 9.80 Å². The molecule has 2 aliphatic rings. The van der Waals surface area contributed by atoms with Crippen LogP contribution >= 0.6 is 12.4 Å². The molecule has 0 N–H and O–H groups in total. The summed E-state index contributed by atoms with van der Waals surface area (Å²) in [6.45, 7) is 17.2. The molecule has 2 aromatic rings. The Morgan fingerprint density at radius 3 is 1.34 bits per heavy atom. The quantitative estimate of drug-likeness (QED) is 0.307. The normalized spacial score (nSPS) is 16.7. The lowest BCUT2D eigenvalue weighted by atomic mass is 10.0. The predicted octanol–water partition coefficient (Wildman–Crippen LogP) is 6.15. The molecule has 0 radical (unpaired) electrons. The van der Waals surface area contributed by atoms with E-state index in [1.54, 1.807) is 12.2 Å². The number of nitrogens with zero attached hydrogens (tertiary/aromatic N) is 3. The summed E-state index contributed by atoms with van der Waals surface area (Å²) in [6.07, 6.45) is 14.9. The van der Waals surface area contributed by atoms with Crippen molar-refractivity contribution >= 4 is 36.4 Å². The summed E-state index contributed by atoms with van der Waals surface area (Å²) in [7, 11) is 0. The van der Waals surface area contributed by atoms with E-state index in [4.69, 9.17) is 0 Å². The van der Waals surface area contributed by atoms with Gasteiger partial charge in [-0.25, -0.2) is 0 Å². The van der Waals surface area contributed by atoms with E-state index < -0.39 is 0 Å². The molecule has 0 unspecified atom stereocenters. The topological polar surface area (TPSA) is 43.9 Å². The lowest BCUT2D eigenvalue weighted by Gasteiger charge is -2.46. The first-order valence-electron chi connectivity index (χ1n) is 14.3. The molecule has 0 atom stereocenters. The second-order valence-electron chi connectivity index (χ2n) is 11.3. The first kappa shape index (κ1) is 32.1. The summed E-state index contributed by atoms with van der Waals surface area (Å²) >= 11 is 0. The highest BCUT2D eigenvalue weighted by Gasteiger charge is 2.34. The maximum atomic E-state index is 12.9. The van der Waals surface area contributed by atoms with Crippen molar-refractivity contribution in [1.29, 1.82) is 0 Å². The number of carbonyl (C=O) groups is 2. The molecule has 2 saturated heterocycles. The van der Waals surface area contributed by atoms with Crippen LogP contribution in [-0.2, 0) is 9.59 Å². The van der Waals surface area contributed by atoms with Crippen molar-refractivity contribution < 1.29 is 9.59 Å². The maximum absolute atomic E-state index is 12.9. The van der Waals surface area contributed by atoms with Crippen molar-refractivity contribution in [2.75, 3.05) is 39.3 Å². The van der Waals surface area contributed by atoms with E-state index >= 15 is 0 Å². The number of benzene rings is 2. The molecule has 4 rings (SSSR count). The molecule has 6 heteroatoms. The van der Waals surface area contributed by atoms with Crippen molar-refractivity contribution in [3.8, 4) is 0 Å². The van der Waals surface area contributed by atoms with Crippen LogP contribution in [0.3, 0.4) is 0 Å². The molecule has 2 heterocycles. The van der Waals surface area contributed by atoms with Gasteiger partial charge in [0.25, 0.3) is 0 Å². The van der Waals surface area contributed by atoms with Gasteiger partial charge in [0, 0.05) is 57.5 Å². The molecule has 0 saturated carbocycles. The Kier molecular flexibility index (Phi) is 11.3. The van der Waals surface area contributed by atoms with Crippen LogP contribution in [0.4, 0.5) is 0 Å². The third kappa shape index (κ3) is 8.31. The zero-order chi connectivity index (χ0) is 28.8. The van der Waals surface area contributed by atoms with Gasteiger partial charge in [-0.1, -0.05) is 60.7 Å². The average molecular weight is 574 g/mol. The highest BCUT2D eigenvalue weighted by atomic mass is 35.5. The minimum absolute atomic E-state index is 0. The fourth-order valence-electron chi connectivity index (χ4n) is 5.51. The fourth-order valence-corrected chi connectivity index (χ4v) is 5.51. The van der Waals surface area contributed by atoms with Gasteiger partial charge in [-0.2, -0.15) is 0 Å². The lowest BCUT2D eigenvalue weighted by molar-refractivity contribution is -0.133. The van der Waals surface area contributed by atoms with Gasteiger partial charge >= 0.3 is 0 Å². The molecule has 5 nitrogen and oxygen atoms in total. The molecule has 0 aliphatic carbocycles. The summed E-state index contributed by atoms with van der Waals surface area (Å²) in [5.41, 5.74) is 10.0. The Hall–Kier alpha value is -3.41. The Labute approximate surface area is 252 Å². The van der Waals surface area contributed by atoms with E-state index in [0.717, 1.165) is 37.3 Å². The zero-order valence-electron chi connectivity index (χ0n) is 25.3. The first-order valence-corrected chi connectivity index (χ1v) is 14.3. The van der Waals surface area contributed by atoms with Crippen LogP contribution in [0.15, 0.2) is 60.7 Å².